The summed E-state index contributed by atoms with van der Waals surface area (Å²) in [7, 11) is 1.71. The third kappa shape index (κ3) is 8.01. The van der Waals surface area contributed by atoms with Gasteiger partial charge in [0.15, 0.2) is 17.3 Å². The van der Waals surface area contributed by atoms with Gasteiger partial charge in [0.1, 0.15) is 23.5 Å². The van der Waals surface area contributed by atoms with Crippen LogP contribution in [0.3, 0.4) is 0 Å². The zero-order valence-corrected chi connectivity index (χ0v) is 24.4. The third-order valence-corrected chi connectivity index (χ3v) is 6.53. The molecule has 0 saturated carbocycles. The van der Waals surface area contributed by atoms with Crippen LogP contribution in [0.5, 0.6) is 28.9 Å². The van der Waals surface area contributed by atoms with Gasteiger partial charge >= 0.3 is 5.97 Å². The summed E-state index contributed by atoms with van der Waals surface area (Å²) in [5.74, 6) is -5.24. The highest BCUT2D eigenvalue weighted by Crippen LogP contribution is 2.40. The van der Waals surface area contributed by atoms with E-state index in [9.17, 15) is 19.4 Å². The van der Waals surface area contributed by atoms with Gasteiger partial charge in [0.05, 0.1) is 17.6 Å². The van der Waals surface area contributed by atoms with E-state index >= 15 is 4.39 Å². The van der Waals surface area contributed by atoms with Crippen LogP contribution in [0.25, 0.3) is 11.4 Å². The second-order valence-corrected chi connectivity index (χ2v) is 9.98. The number of carboxylic acids is 1. The summed E-state index contributed by atoms with van der Waals surface area (Å²) in [4.78, 5) is 24.0. The Kier molecular flexibility index (Phi) is 10.1. The Bertz CT molecular complexity index is 1740. The molecule has 1 unspecified atom stereocenters. The van der Waals surface area contributed by atoms with Crippen molar-refractivity contribution in [1.29, 1.82) is 5.41 Å². The summed E-state index contributed by atoms with van der Waals surface area (Å²) in [6.45, 7) is 2.17. The maximum Gasteiger partial charge on any atom is 0.326 e. The lowest BCUT2D eigenvalue weighted by Gasteiger charge is -2.18. The zero-order valence-electron chi connectivity index (χ0n) is 24.4. The van der Waals surface area contributed by atoms with Gasteiger partial charge in [-0.1, -0.05) is 0 Å². The number of carboxylic acid groups (broad SMARTS) is 1. The first kappa shape index (κ1) is 32.2. The van der Waals surface area contributed by atoms with Crippen molar-refractivity contribution in [2.45, 2.75) is 32.2 Å². The van der Waals surface area contributed by atoms with Crippen LogP contribution in [0, 0.1) is 17.0 Å². The average Bonchev–Trinajstić information content (AvgIpc) is 3.42. The standard InChI is InChI=1S/C30H32F2N8O5/c1-16(33)36-10-4-3-5-21(30(42)43)39-18-7-9-23(19(14-18)28-37-11-12-40(28)2)44-26-20(31)15-38-29(25(26)32)45-24-13-17(27(34)35)6-8-22(24)41/h6-9,11-15,21,39,41H,3-5,10H2,1-2H3,(H2,33,36)(H3,34,35)(H,42,43). The Balaban J connectivity index is 1.64. The van der Waals surface area contributed by atoms with Crippen LogP contribution in [0.4, 0.5) is 14.5 Å². The highest BCUT2D eigenvalue weighted by Gasteiger charge is 2.24. The molecule has 0 aliphatic rings. The van der Waals surface area contributed by atoms with Gasteiger partial charge in [0.2, 0.25) is 11.6 Å². The first-order valence-electron chi connectivity index (χ1n) is 13.7. The number of pyridine rings is 1. The predicted octanol–water partition coefficient (Wildman–Crippen LogP) is 4.75. The SMILES string of the molecule is CC(N)=NCCCCC(Nc1ccc(Oc2c(F)cnc(Oc3cc(C(=N)N)ccc3O)c2F)c(-c2nccn2C)c1)C(=O)O. The summed E-state index contributed by atoms with van der Waals surface area (Å²) < 4.78 is 43.3. The lowest BCUT2D eigenvalue weighted by Crippen LogP contribution is -2.29. The molecule has 4 rings (SSSR count). The minimum atomic E-state index is -1.31. The number of halogens is 2. The number of rotatable bonds is 14. The lowest BCUT2D eigenvalue weighted by atomic mass is 10.1. The molecular formula is C30H32F2N8O5. The molecular weight excluding hydrogens is 590 g/mol. The van der Waals surface area contributed by atoms with Gasteiger partial charge in [-0.15, -0.1) is 0 Å². The van der Waals surface area contributed by atoms with Crippen molar-refractivity contribution in [3.8, 4) is 40.3 Å². The quantitative estimate of drug-likeness (QED) is 0.0646. The van der Waals surface area contributed by atoms with E-state index in [0.29, 0.717) is 54.9 Å². The number of anilines is 1. The highest BCUT2D eigenvalue weighted by molar-refractivity contribution is 5.95. The third-order valence-electron chi connectivity index (χ3n) is 6.53. The summed E-state index contributed by atoms with van der Waals surface area (Å²) in [5, 5.41) is 30.5. The molecule has 236 valence electrons. The molecule has 0 saturated heterocycles. The van der Waals surface area contributed by atoms with E-state index in [1.54, 1.807) is 30.8 Å². The number of nitrogens with two attached hydrogens (primary N) is 2. The first-order chi connectivity index (χ1) is 21.4. The molecule has 0 radical (unpaired) electrons. The van der Waals surface area contributed by atoms with Crippen LogP contribution in [0.15, 0.2) is 60.0 Å². The molecule has 0 bridgehead atoms. The number of amidine groups is 2. The molecule has 13 nitrogen and oxygen atoms in total. The van der Waals surface area contributed by atoms with E-state index < -0.39 is 41.0 Å². The molecule has 1 atom stereocenters. The number of benzene rings is 2. The molecule has 0 spiro atoms. The van der Waals surface area contributed by atoms with E-state index in [1.165, 1.54) is 36.5 Å². The number of phenolic OH excluding ortho intramolecular Hbond substituents is 1. The number of unbranched alkanes of at least 4 members (excludes halogenated alkanes) is 1. The van der Waals surface area contributed by atoms with Crippen LogP contribution < -0.4 is 26.3 Å². The van der Waals surface area contributed by atoms with E-state index in [4.69, 9.17) is 26.4 Å². The van der Waals surface area contributed by atoms with Crippen LogP contribution >= 0.6 is 0 Å². The number of aliphatic carboxylic acids is 1. The monoisotopic (exact) mass is 622 g/mol. The second kappa shape index (κ2) is 14.2. The summed E-state index contributed by atoms with van der Waals surface area (Å²) in [5.41, 5.74) is 11.9. The molecule has 2 aromatic heterocycles. The van der Waals surface area contributed by atoms with Gasteiger partial charge in [-0.25, -0.2) is 19.2 Å². The van der Waals surface area contributed by atoms with Crippen molar-refractivity contribution in [2.75, 3.05) is 11.9 Å². The number of aromatic hydroxyl groups is 1. The lowest BCUT2D eigenvalue weighted by molar-refractivity contribution is -0.138. The molecule has 45 heavy (non-hydrogen) atoms. The fourth-order valence-electron chi connectivity index (χ4n) is 4.26. The number of imidazole rings is 1. The molecule has 0 amide bonds. The smallest absolute Gasteiger partial charge is 0.326 e. The molecule has 2 heterocycles. The zero-order chi connectivity index (χ0) is 32.7. The number of aromatic nitrogens is 3. The maximum absolute atomic E-state index is 15.6. The number of hydrogen-bond donors (Lipinski definition) is 6. The number of aliphatic imine (C=N–C) groups is 1. The molecule has 0 fully saturated rings. The van der Waals surface area contributed by atoms with Crippen molar-refractivity contribution in [2.24, 2.45) is 23.5 Å². The fraction of sp³-hybridized carbons (Fsp3) is 0.233. The molecule has 4 aromatic rings. The number of ether oxygens (including phenoxy) is 2. The topological polar surface area (TPSA) is 207 Å². The van der Waals surface area contributed by atoms with Crippen LogP contribution in [-0.2, 0) is 11.8 Å². The Labute approximate surface area is 256 Å². The van der Waals surface area contributed by atoms with Crippen molar-refractivity contribution < 1.29 is 33.3 Å². The van der Waals surface area contributed by atoms with Gasteiger partial charge < -0.3 is 41.0 Å². The number of nitrogens with one attached hydrogen (secondary N) is 2. The summed E-state index contributed by atoms with van der Waals surface area (Å²) >= 11 is 0. The molecule has 8 N–H and O–H groups in total. The minimum Gasteiger partial charge on any atom is -0.504 e. The number of phenols is 1. The largest absolute Gasteiger partial charge is 0.504 e. The van der Waals surface area contributed by atoms with E-state index in [-0.39, 0.29) is 22.9 Å². The Morgan fingerprint density at radius 2 is 1.91 bits per heavy atom. The van der Waals surface area contributed by atoms with Gasteiger partial charge in [-0.2, -0.15) is 4.39 Å². The minimum absolute atomic E-state index is 0.00637. The Morgan fingerprint density at radius 1 is 1.13 bits per heavy atom. The van der Waals surface area contributed by atoms with Gasteiger partial charge in [-0.3, -0.25) is 10.4 Å². The van der Waals surface area contributed by atoms with Crippen LogP contribution in [-0.4, -0.2) is 55.0 Å². The Morgan fingerprint density at radius 3 is 2.58 bits per heavy atom. The predicted molar refractivity (Wildman–Crippen MR) is 163 cm³/mol. The van der Waals surface area contributed by atoms with Gasteiger partial charge in [0, 0.05) is 37.2 Å². The van der Waals surface area contributed by atoms with Crippen LogP contribution in [0.1, 0.15) is 31.7 Å². The fourth-order valence-corrected chi connectivity index (χ4v) is 4.26. The highest BCUT2D eigenvalue weighted by atomic mass is 19.1. The number of carbonyl (C=O) groups is 1. The maximum atomic E-state index is 15.6. The van der Waals surface area contributed by atoms with Crippen molar-refractivity contribution >= 4 is 23.3 Å². The van der Waals surface area contributed by atoms with Crippen LogP contribution in [0.2, 0.25) is 0 Å². The summed E-state index contributed by atoms with van der Waals surface area (Å²) in [6, 6.07) is 7.34. The normalized spacial score (nSPS) is 12.0. The number of aryl methyl sites for hydroxylation is 1. The van der Waals surface area contributed by atoms with E-state index in [0.717, 1.165) is 0 Å². The van der Waals surface area contributed by atoms with E-state index in [1.807, 2.05) is 0 Å². The Hall–Kier alpha value is -5.73. The second-order valence-electron chi connectivity index (χ2n) is 9.98. The van der Waals surface area contributed by atoms with Crippen molar-refractivity contribution in [3.63, 3.8) is 0 Å². The summed E-state index contributed by atoms with van der Waals surface area (Å²) in [6.07, 6.45) is 5.41. The number of hydrogen-bond acceptors (Lipinski definition) is 9. The van der Waals surface area contributed by atoms with Crippen molar-refractivity contribution in [1.82, 2.24) is 14.5 Å². The van der Waals surface area contributed by atoms with Gasteiger partial charge in [0.25, 0.3) is 5.88 Å². The average molecular weight is 623 g/mol. The molecule has 2 aromatic carbocycles. The van der Waals surface area contributed by atoms with Gasteiger partial charge in [-0.05, 0) is 62.6 Å². The van der Waals surface area contributed by atoms with E-state index in [2.05, 4.69) is 20.3 Å². The number of nitrogens with zero attached hydrogens (tertiary/aromatic N) is 4. The molecule has 0 aliphatic carbocycles. The molecule has 0 aliphatic heterocycles. The van der Waals surface area contributed by atoms with Crippen molar-refractivity contribution in [3.05, 3.63) is 72.2 Å². The molecule has 15 heteroatoms. The first-order valence-corrected chi connectivity index (χ1v) is 13.7. The number of nitrogen functional groups attached to an aromatic ring is 1.